The van der Waals surface area contributed by atoms with Crippen molar-refractivity contribution in [2.24, 2.45) is 5.92 Å². The van der Waals surface area contributed by atoms with Crippen LogP contribution in [-0.4, -0.2) is 18.1 Å². The van der Waals surface area contributed by atoms with E-state index >= 15 is 0 Å². The van der Waals surface area contributed by atoms with E-state index < -0.39 is 0 Å². The van der Waals surface area contributed by atoms with Gasteiger partial charge < -0.3 is 10.6 Å². The van der Waals surface area contributed by atoms with E-state index in [1.165, 1.54) is 19.3 Å². The molecule has 16 heavy (non-hydrogen) atoms. The summed E-state index contributed by atoms with van der Waals surface area (Å²) in [6.45, 7) is 6.28. The Labute approximate surface area is 97.7 Å². The minimum absolute atomic E-state index is 0.807. The average molecular weight is 219 g/mol. The van der Waals surface area contributed by atoms with E-state index in [-0.39, 0.29) is 0 Å². The normalized spacial score (nSPS) is 15.9. The Kier molecular flexibility index (Phi) is 3.32. The lowest BCUT2D eigenvalue weighted by atomic mass is 9.85. The smallest absolute Gasteiger partial charge is 0.151 e. The first-order chi connectivity index (χ1) is 7.70. The predicted molar refractivity (Wildman–Crippen MR) is 68.6 cm³/mol. The van der Waals surface area contributed by atoms with Crippen molar-refractivity contribution in [1.82, 2.24) is 4.98 Å². The number of aryl methyl sites for hydroxylation is 1. The molecule has 0 spiro atoms. The van der Waals surface area contributed by atoms with Crippen molar-refractivity contribution in [2.45, 2.75) is 33.1 Å². The summed E-state index contributed by atoms with van der Waals surface area (Å²) in [4.78, 5) is 6.77. The quantitative estimate of drug-likeness (QED) is 0.846. The number of hydrogen-bond donors (Lipinski definition) is 1. The second kappa shape index (κ2) is 4.73. The van der Waals surface area contributed by atoms with Crippen LogP contribution >= 0.6 is 0 Å². The summed E-state index contributed by atoms with van der Waals surface area (Å²) < 4.78 is 0. The molecule has 1 aromatic heterocycles. The number of aromatic nitrogens is 1. The maximum Gasteiger partial charge on any atom is 0.151 e. The van der Waals surface area contributed by atoms with Gasteiger partial charge in [-0.3, -0.25) is 0 Å². The van der Waals surface area contributed by atoms with Crippen molar-refractivity contribution >= 4 is 11.5 Å². The molecule has 2 N–H and O–H groups in total. The zero-order chi connectivity index (χ0) is 11.5. The first-order valence-electron chi connectivity index (χ1n) is 6.17. The van der Waals surface area contributed by atoms with Gasteiger partial charge in [-0.15, -0.1) is 0 Å². The van der Waals surface area contributed by atoms with Crippen LogP contribution in [0.1, 0.15) is 31.7 Å². The Balaban J connectivity index is 2.11. The van der Waals surface area contributed by atoms with Crippen molar-refractivity contribution in [2.75, 3.05) is 23.7 Å². The molecular weight excluding hydrogens is 198 g/mol. The molecule has 1 saturated carbocycles. The zero-order valence-corrected chi connectivity index (χ0v) is 10.2. The lowest BCUT2D eigenvalue weighted by Gasteiger charge is -2.33. The number of nitrogen functional groups attached to an aromatic ring is 1. The Bertz CT molecular complexity index is 358. The molecule has 1 aliphatic carbocycles. The summed E-state index contributed by atoms with van der Waals surface area (Å²) in [6, 6.07) is 2.01. The van der Waals surface area contributed by atoms with Gasteiger partial charge in [-0.2, -0.15) is 0 Å². The zero-order valence-electron chi connectivity index (χ0n) is 10.2. The van der Waals surface area contributed by atoms with Crippen LogP contribution in [0.4, 0.5) is 11.5 Å². The van der Waals surface area contributed by atoms with E-state index in [0.717, 1.165) is 36.1 Å². The number of nitrogens with two attached hydrogens (primary N) is 1. The molecule has 1 heterocycles. The topological polar surface area (TPSA) is 42.2 Å². The SMILES string of the molecule is CCN(CC1CCC1)c1ncc(C)cc1N. The van der Waals surface area contributed by atoms with E-state index in [1.807, 2.05) is 19.2 Å². The molecule has 0 saturated heterocycles. The fraction of sp³-hybridized carbons (Fsp3) is 0.615. The van der Waals surface area contributed by atoms with Crippen molar-refractivity contribution in [3.8, 4) is 0 Å². The molecule has 1 aliphatic rings. The van der Waals surface area contributed by atoms with E-state index in [0.29, 0.717) is 0 Å². The third kappa shape index (κ3) is 2.29. The summed E-state index contributed by atoms with van der Waals surface area (Å²) in [5.41, 5.74) is 7.96. The average Bonchev–Trinajstić information content (AvgIpc) is 2.18. The number of hydrogen-bond acceptors (Lipinski definition) is 3. The molecular formula is C13H21N3. The number of pyridine rings is 1. The highest BCUT2D eigenvalue weighted by molar-refractivity contribution is 5.63. The van der Waals surface area contributed by atoms with E-state index in [1.54, 1.807) is 0 Å². The highest BCUT2D eigenvalue weighted by Gasteiger charge is 2.21. The molecule has 2 rings (SSSR count). The Morgan fingerprint density at radius 1 is 1.50 bits per heavy atom. The third-order valence-corrected chi connectivity index (χ3v) is 3.42. The molecule has 3 heteroatoms. The molecule has 0 amide bonds. The van der Waals surface area contributed by atoms with Gasteiger partial charge in [0.1, 0.15) is 0 Å². The van der Waals surface area contributed by atoms with Crippen LogP contribution in [0.15, 0.2) is 12.3 Å². The molecule has 0 aliphatic heterocycles. The van der Waals surface area contributed by atoms with Crippen LogP contribution in [0.25, 0.3) is 0 Å². The van der Waals surface area contributed by atoms with E-state index in [4.69, 9.17) is 5.73 Å². The molecule has 0 unspecified atom stereocenters. The summed E-state index contributed by atoms with van der Waals surface area (Å²) in [5.74, 6) is 1.81. The fourth-order valence-electron chi connectivity index (χ4n) is 2.20. The van der Waals surface area contributed by atoms with Gasteiger partial charge in [0, 0.05) is 19.3 Å². The lowest BCUT2D eigenvalue weighted by molar-refractivity contribution is 0.318. The van der Waals surface area contributed by atoms with Gasteiger partial charge in [-0.1, -0.05) is 6.42 Å². The van der Waals surface area contributed by atoms with Gasteiger partial charge in [0.15, 0.2) is 5.82 Å². The Morgan fingerprint density at radius 3 is 2.75 bits per heavy atom. The highest BCUT2D eigenvalue weighted by Crippen LogP contribution is 2.30. The van der Waals surface area contributed by atoms with E-state index in [9.17, 15) is 0 Å². The van der Waals surface area contributed by atoms with Crippen molar-refractivity contribution < 1.29 is 0 Å². The summed E-state index contributed by atoms with van der Waals surface area (Å²) in [5, 5.41) is 0. The second-order valence-corrected chi connectivity index (χ2v) is 4.76. The van der Waals surface area contributed by atoms with Gasteiger partial charge in [0.25, 0.3) is 0 Å². The third-order valence-electron chi connectivity index (χ3n) is 3.42. The predicted octanol–water partition coefficient (Wildman–Crippen LogP) is 2.60. The van der Waals surface area contributed by atoms with Crippen LogP contribution in [0.2, 0.25) is 0 Å². The van der Waals surface area contributed by atoms with Crippen LogP contribution in [0, 0.1) is 12.8 Å². The fourth-order valence-corrected chi connectivity index (χ4v) is 2.20. The number of rotatable bonds is 4. The van der Waals surface area contributed by atoms with Gasteiger partial charge in [-0.25, -0.2) is 4.98 Å². The molecule has 0 bridgehead atoms. The molecule has 0 aromatic carbocycles. The lowest BCUT2D eigenvalue weighted by Crippen LogP contribution is -2.33. The molecule has 3 nitrogen and oxygen atoms in total. The van der Waals surface area contributed by atoms with Crippen molar-refractivity contribution in [1.29, 1.82) is 0 Å². The highest BCUT2D eigenvalue weighted by atomic mass is 15.2. The van der Waals surface area contributed by atoms with Crippen LogP contribution < -0.4 is 10.6 Å². The van der Waals surface area contributed by atoms with Gasteiger partial charge in [0.05, 0.1) is 5.69 Å². The maximum atomic E-state index is 6.03. The summed E-state index contributed by atoms with van der Waals surface area (Å²) >= 11 is 0. The van der Waals surface area contributed by atoms with Gasteiger partial charge in [-0.05, 0) is 44.2 Å². The molecule has 1 aromatic rings. The molecule has 88 valence electrons. The largest absolute Gasteiger partial charge is 0.396 e. The first kappa shape index (κ1) is 11.2. The Hall–Kier alpha value is -1.25. The number of anilines is 2. The van der Waals surface area contributed by atoms with Crippen molar-refractivity contribution in [3.63, 3.8) is 0 Å². The summed E-state index contributed by atoms with van der Waals surface area (Å²) in [6.07, 6.45) is 6.01. The summed E-state index contributed by atoms with van der Waals surface area (Å²) in [7, 11) is 0. The Morgan fingerprint density at radius 2 is 2.25 bits per heavy atom. The maximum absolute atomic E-state index is 6.03. The standard InChI is InChI=1S/C13H21N3/c1-3-16(9-11-5-4-6-11)13-12(14)7-10(2)8-15-13/h7-8,11H,3-6,9,14H2,1-2H3. The monoisotopic (exact) mass is 219 g/mol. The van der Waals surface area contributed by atoms with Crippen LogP contribution in [0.3, 0.4) is 0 Å². The van der Waals surface area contributed by atoms with Crippen LogP contribution in [-0.2, 0) is 0 Å². The minimum atomic E-state index is 0.807. The van der Waals surface area contributed by atoms with Crippen molar-refractivity contribution in [3.05, 3.63) is 17.8 Å². The minimum Gasteiger partial charge on any atom is -0.396 e. The molecule has 0 atom stereocenters. The van der Waals surface area contributed by atoms with Gasteiger partial charge in [0.2, 0.25) is 0 Å². The van der Waals surface area contributed by atoms with E-state index in [2.05, 4.69) is 16.8 Å². The second-order valence-electron chi connectivity index (χ2n) is 4.76. The van der Waals surface area contributed by atoms with Crippen LogP contribution in [0.5, 0.6) is 0 Å². The molecule has 1 fully saturated rings. The first-order valence-corrected chi connectivity index (χ1v) is 6.17. The van der Waals surface area contributed by atoms with Gasteiger partial charge >= 0.3 is 0 Å². The number of nitrogens with zero attached hydrogens (tertiary/aromatic N) is 2. The molecule has 0 radical (unpaired) electrons.